The number of benzene rings is 1. The van der Waals surface area contributed by atoms with Gasteiger partial charge in [-0.3, -0.25) is 4.84 Å². The Morgan fingerprint density at radius 1 is 1.38 bits per heavy atom. The van der Waals surface area contributed by atoms with Crippen LogP contribution in [-0.4, -0.2) is 18.0 Å². The Balaban J connectivity index is 1.99. The van der Waals surface area contributed by atoms with Gasteiger partial charge in [-0.05, 0) is 0 Å². The zero-order chi connectivity index (χ0) is 11.4. The third-order valence-electron chi connectivity index (χ3n) is 2.17. The molecule has 0 amide bonds. The van der Waals surface area contributed by atoms with Crippen LogP contribution in [0, 0.1) is 10.1 Å². The fraction of sp³-hybridized carbons (Fsp3) is 0.400. The van der Waals surface area contributed by atoms with Crippen LogP contribution in [0.25, 0.3) is 0 Å². The second-order valence-corrected chi connectivity index (χ2v) is 3.30. The van der Waals surface area contributed by atoms with Crippen molar-refractivity contribution < 1.29 is 19.4 Å². The predicted molar refractivity (Wildman–Crippen MR) is 52.7 cm³/mol. The average molecular weight is 225 g/mol. The van der Waals surface area contributed by atoms with E-state index in [2.05, 4.69) is 4.84 Å². The van der Waals surface area contributed by atoms with Gasteiger partial charge in [0.15, 0.2) is 6.29 Å². The molecule has 2 atom stereocenters. The van der Waals surface area contributed by atoms with Crippen molar-refractivity contribution in [1.29, 1.82) is 0 Å². The van der Waals surface area contributed by atoms with Gasteiger partial charge in [0.2, 0.25) is 6.29 Å². The van der Waals surface area contributed by atoms with Gasteiger partial charge in [0.25, 0.3) is 5.09 Å². The number of rotatable bonds is 3. The summed E-state index contributed by atoms with van der Waals surface area (Å²) >= 11 is 0. The van der Waals surface area contributed by atoms with E-state index in [0.717, 1.165) is 5.56 Å². The van der Waals surface area contributed by atoms with Crippen LogP contribution in [0.1, 0.15) is 18.3 Å². The van der Waals surface area contributed by atoms with E-state index in [1.54, 1.807) is 0 Å². The summed E-state index contributed by atoms with van der Waals surface area (Å²) in [6, 6.07) is 9.23. The van der Waals surface area contributed by atoms with Gasteiger partial charge in [0, 0.05) is 12.0 Å². The minimum Gasteiger partial charge on any atom is -0.348 e. The van der Waals surface area contributed by atoms with Crippen molar-refractivity contribution in [3.8, 4) is 0 Å². The monoisotopic (exact) mass is 225 g/mol. The maximum Gasteiger partial charge on any atom is 0.297 e. The van der Waals surface area contributed by atoms with Gasteiger partial charge < -0.3 is 9.47 Å². The summed E-state index contributed by atoms with van der Waals surface area (Å²) in [6.07, 6.45) is -1.10. The minimum absolute atomic E-state index is 0.352. The van der Waals surface area contributed by atoms with E-state index in [1.807, 2.05) is 30.3 Å². The molecule has 2 unspecified atom stereocenters. The molecule has 1 aromatic carbocycles. The van der Waals surface area contributed by atoms with Crippen LogP contribution in [0.2, 0.25) is 0 Å². The number of ether oxygens (including phenoxy) is 2. The van der Waals surface area contributed by atoms with Crippen molar-refractivity contribution in [2.75, 3.05) is 6.61 Å². The number of hydrogen-bond donors (Lipinski definition) is 0. The van der Waals surface area contributed by atoms with Gasteiger partial charge in [-0.25, -0.2) is 0 Å². The van der Waals surface area contributed by atoms with E-state index in [-0.39, 0.29) is 0 Å². The highest BCUT2D eigenvalue weighted by Crippen LogP contribution is 2.26. The summed E-state index contributed by atoms with van der Waals surface area (Å²) in [5.74, 6) is 0. The standard InChI is InChI=1S/C10H11NO5/c12-11(13)16-9-6-7-14-10(15-9)8-4-2-1-3-5-8/h1-5,9-10H,6-7H2. The second-order valence-electron chi connectivity index (χ2n) is 3.30. The Bertz CT molecular complexity index is 355. The van der Waals surface area contributed by atoms with Crippen molar-refractivity contribution in [2.45, 2.75) is 19.0 Å². The fourth-order valence-electron chi connectivity index (χ4n) is 1.47. The molecule has 0 radical (unpaired) electrons. The molecule has 1 aliphatic heterocycles. The first kappa shape index (κ1) is 10.8. The molecular weight excluding hydrogens is 214 g/mol. The molecule has 1 saturated heterocycles. The van der Waals surface area contributed by atoms with Crippen LogP contribution >= 0.6 is 0 Å². The van der Waals surface area contributed by atoms with Crippen LogP contribution in [-0.2, 0) is 14.3 Å². The predicted octanol–water partition coefficient (Wildman–Crippen LogP) is 1.66. The van der Waals surface area contributed by atoms with Crippen molar-refractivity contribution >= 4 is 0 Å². The molecule has 6 heteroatoms. The Hall–Kier alpha value is -1.66. The van der Waals surface area contributed by atoms with Gasteiger partial charge in [0.1, 0.15) is 0 Å². The number of hydrogen-bond acceptors (Lipinski definition) is 5. The molecule has 86 valence electrons. The van der Waals surface area contributed by atoms with Gasteiger partial charge in [-0.1, -0.05) is 30.3 Å². The number of nitrogens with zero attached hydrogens (tertiary/aromatic N) is 1. The van der Waals surface area contributed by atoms with Crippen LogP contribution in [0.3, 0.4) is 0 Å². The lowest BCUT2D eigenvalue weighted by atomic mass is 10.2. The lowest BCUT2D eigenvalue weighted by Crippen LogP contribution is -2.30. The molecule has 0 bridgehead atoms. The maximum absolute atomic E-state index is 10.2. The molecule has 0 aromatic heterocycles. The smallest absolute Gasteiger partial charge is 0.297 e. The van der Waals surface area contributed by atoms with Crippen molar-refractivity contribution in [3.05, 3.63) is 46.0 Å². The largest absolute Gasteiger partial charge is 0.348 e. The van der Waals surface area contributed by atoms with Crippen LogP contribution in [0.5, 0.6) is 0 Å². The highest BCUT2D eigenvalue weighted by atomic mass is 17.0. The fourth-order valence-corrected chi connectivity index (χ4v) is 1.47. The van der Waals surface area contributed by atoms with E-state index in [1.165, 1.54) is 0 Å². The van der Waals surface area contributed by atoms with Crippen molar-refractivity contribution in [1.82, 2.24) is 0 Å². The SMILES string of the molecule is O=[N+]([O-])OC1CCOC(c2ccccc2)O1. The molecule has 6 nitrogen and oxygen atoms in total. The zero-order valence-electron chi connectivity index (χ0n) is 8.44. The molecule has 1 fully saturated rings. The first-order chi connectivity index (χ1) is 7.75. The zero-order valence-corrected chi connectivity index (χ0v) is 8.44. The van der Waals surface area contributed by atoms with E-state index >= 15 is 0 Å². The molecule has 0 spiro atoms. The van der Waals surface area contributed by atoms with E-state index in [9.17, 15) is 10.1 Å². The first-order valence-electron chi connectivity index (χ1n) is 4.89. The van der Waals surface area contributed by atoms with Crippen molar-refractivity contribution in [2.24, 2.45) is 0 Å². The summed E-state index contributed by atoms with van der Waals surface area (Å²) < 4.78 is 10.6. The summed E-state index contributed by atoms with van der Waals surface area (Å²) in [7, 11) is 0. The molecule has 2 rings (SSSR count). The molecule has 0 aliphatic carbocycles. The second kappa shape index (κ2) is 4.91. The summed E-state index contributed by atoms with van der Waals surface area (Å²) in [4.78, 5) is 14.5. The third kappa shape index (κ3) is 2.68. The lowest BCUT2D eigenvalue weighted by molar-refractivity contribution is -0.784. The Labute approximate surface area is 91.8 Å². The molecule has 1 aromatic rings. The Kier molecular flexibility index (Phi) is 3.33. The molecular formula is C10H11NO5. The van der Waals surface area contributed by atoms with Crippen molar-refractivity contribution in [3.63, 3.8) is 0 Å². The first-order valence-corrected chi connectivity index (χ1v) is 4.89. The van der Waals surface area contributed by atoms with Gasteiger partial charge in [-0.15, -0.1) is 10.1 Å². The maximum atomic E-state index is 10.2. The molecule has 1 aliphatic rings. The average Bonchev–Trinajstić information content (AvgIpc) is 2.30. The molecule has 0 N–H and O–H groups in total. The molecule has 1 heterocycles. The molecule has 16 heavy (non-hydrogen) atoms. The van der Waals surface area contributed by atoms with Crippen LogP contribution in [0.4, 0.5) is 0 Å². The summed E-state index contributed by atoms with van der Waals surface area (Å²) in [5.41, 5.74) is 0.819. The highest BCUT2D eigenvalue weighted by Gasteiger charge is 2.26. The van der Waals surface area contributed by atoms with E-state index in [0.29, 0.717) is 13.0 Å². The minimum atomic E-state index is -0.853. The van der Waals surface area contributed by atoms with Gasteiger partial charge >= 0.3 is 0 Å². The van der Waals surface area contributed by atoms with Gasteiger partial charge in [0.05, 0.1) is 6.61 Å². The van der Waals surface area contributed by atoms with Crippen LogP contribution < -0.4 is 0 Å². The Morgan fingerprint density at radius 3 is 2.81 bits per heavy atom. The van der Waals surface area contributed by atoms with Gasteiger partial charge in [-0.2, -0.15) is 0 Å². The Morgan fingerprint density at radius 2 is 2.12 bits per heavy atom. The third-order valence-corrected chi connectivity index (χ3v) is 2.17. The lowest BCUT2D eigenvalue weighted by Gasteiger charge is -2.28. The van der Waals surface area contributed by atoms with E-state index < -0.39 is 17.7 Å². The summed E-state index contributed by atoms with van der Waals surface area (Å²) in [6.45, 7) is 0.373. The molecule has 0 saturated carbocycles. The highest BCUT2D eigenvalue weighted by molar-refractivity contribution is 5.16. The topological polar surface area (TPSA) is 70.8 Å². The van der Waals surface area contributed by atoms with E-state index in [4.69, 9.17) is 9.47 Å². The normalized spacial score (nSPS) is 25.0. The summed E-state index contributed by atoms with van der Waals surface area (Å²) in [5, 5.41) is 9.32. The quantitative estimate of drug-likeness (QED) is 0.577. The van der Waals surface area contributed by atoms with Crippen LogP contribution in [0.15, 0.2) is 30.3 Å².